The maximum atomic E-state index is 12.0. The monoisotopic (exact) mass is 312 g/mol. The molecule has 2 N–H and O–H groups in total. The minimum Gasteiger partial charge on any atom is -0.354 e. The van der Waals surface area contributed by atoms with Crippen molar-refractivity contribution in [2.75, 3.05) is 23.4 Å². The van der Waals surface area contributed by atoms with Crippen LogP contribution in [0.5, 0.6) is 0 Å². The van der Waals surface area contributed by atoms with E-state index in [1.807, 2.05) is 0 Å². The molecule has 8 heteroatoms. The zero-order valence-corrected chi connectivity index (χ0v) is 12.8. The number of sulfone groups is 1. The number of aromatic nitrogens is 2. The number of carbonyl (C=O) groups excluding carboxylic acids is 1. The molecule has 0 radical (unpaired) electrons. The Balaban J connectivity index is 1.88. The van der Waals surface area contributed by atoms with Crippen LogP contribution in [0.1, 0.15) is 36.5 Å². The van der Waals surface area contributed by atoms with Crippen LogP contribution in [-0.2, 0) is 9.84 Å². The highest BCUT2D eigenvalue weighted by atomic mass is 32.2. The first kappa shape index (κ1) is 15.7. The van der Waals surface area contributed by atoms with Gasteiger partial charge in [0.2, 0.25) is 5.95 Å². The number of nitrogens with zero attached hydrogens (tertiary/aromatic N) is 2. The fraction of sp³-hybridized carbons (Fsp3) is 0.615. The molecule has 1 aliphatic heterocycles. The van der Waals surface area contributed by atoms with Gasteiger partial charge in [0.15, 0.2) is 9.84 Å². The minimum atomic E-state index is -3.00. The SMILES string of the molecule is CCCCNc1ncc(C(=O)NC2CCS(=O)(=O)C2)cn1. The van der Waals surface area contributed by atoms with Crippen LogP contribution in [0.3, 0.4) is 0 Å². The molecule has 7 nitrogen and oxygen atoms in total. The van der Waals surface area contributed by atoms with E-state index >= 15 is 0 Å². The molecule has 2 heterocycles. The maximum absolute atomic E-state index is 12.0. The molecule has 21 heavy (non-hydrogen) atoms. The topological polar surface area (TPSA) is 101 Å². The summed E-state index contributed by atoms with van der Waals surface area (Å²) in [5.41, 5.74) is 0.334. The molecule has 1 unspecified atom stereocenters. The standard InChI is InChI=1S/C13H20N4O3S/c1-2-3-5-14-13-15-7-10(8-16-13)12(18)17-11-4-6-21(19,20)9-11/h7-8,11H,2-6,9H2,1H3,(H,17,18)(H,14,15,16). The second kappa shape index (κ2) is 6.84. The Kier molecular flexibility index (Phi) is 5.11. The third-order valence-electron chi connectivity index (χ3n) is 3.30. The number of carbonyl (C=O) groups is 1. The van der Waals surface area contributed by atoms with E-state index < -0.39 is 9.84 Å². The van der Waals surface area contributed by atoms with Crippen molar-refractivity contribution in [3.8, 4) is 0 Å². The van der Waals surface area contributed by atoms with Gasteiger partial charge >= 0.3 is 0 Å². The van der Waals surface area contributed by atoms with Crippen LogP contribution in [0.25, 0.3) is 0 Å². The molecule has 0 spiro atoms. The van der Waals surface area contributed by atoms with Crippen LogP contribution in [0.2, 0.25) is 0 Å². The molecule has 1 aromatic rings. The largest absolute Gasteiger partial charge is 0.354 e. The van der Waals surface area contributed by atoms with E-state index in [0.29, 0.717) is 17.9 Å². The van der Waals surface area contributed by atoms with Crippen molar-refractivity contribution in [1.82, 2.24) is 15.3 Å². The van der Waals surface area contributed by atoms with Crippen molar-refractivity contribution >= 4 is 21.7 Å². The van der Waals surface area contributed by atoms with E-state index in [2.05, 4.69) is 27.5 Å². The molecule has 1 fully saturated rings. The molecule has 0 bridgehead atoms. The van der Waals surface area contributed by atoms with Crippen LogP contribution in [0.15, 0.2) is 12.4 Å². The van der Waals surface area contributed by atoms with Crippen molar-refractivity contribution in [1.29, 1.82) is 0 Å². The predicted octanol–water partition coefficient (Wildman–Crippen LogP) is 0.605. The number of hydrogen-bond acceptors (Lipinski definition) is 6. The number of amides is 1. The Morgan fingerprint density at radius 2 is 2.10 bits per heavy atom. The molecule has 1 atom stereocenters. The van der Waals surface area contributed by atoms with Gasteiger partial charge in [-0.3, -0.25) is 4.79 Å². The van der Waals surface area contributed by atoms with E-state index in [1.165, 1.54) is 12.4 Å². The Labute approximate surface area is 124 Å². The number of rotatable bonds is 6. The van der Waals surface area contributed by atoms with Crippen molar-refractivity contribution in [2.24, 2.45) is 0 Å². The minimum absolute atomic E-state index is 0.0102. The van der Waals surface area contributed by atoms with Crippen LogP contribution >= 0.6 is 0 Å². The maximum Gasteiger partial charge on any atom is 0.254 e. The lowest BCUT2D eigenvalue weighted by atomic mass is 10.2. The Hall–Kier alpha value is -1.70. The second-order valence-electron chi connectivity index (χ2n) is 5.15. The van der Waals surface area contributed by atoms with Crippen molar-refractivity contribution in [3.05, 3.63) is 18.0 Å². The van der Waals surface area contributed by atoms with E-state index in [0.717, 1.165) is 19.4 Å². The van der Waals surface area contributed by atoms with Crippen LogP contribution in [0.4, 0.5) is 5.95 Å². The summed E-state index contributed by atoms with van der Waals surface area (Å²) in [6.07, 6.45) is 5.46. The molecular formula is C13H20N4O3S. The van der Waals surface area contributed by atoms with Crippen molar-refractivity contribution in [3.63, 3.8) is 0 Å². The van der Waals surface area contributed by atoms with Crippen molar-refractivity contribution < 1.29 is 13.2 Å². The molecule has 1 aromatic heterocycles. The Morgan fingerprint density at radius 3 is 2.67 bits per heavy atom. The molecule has 0 saturated carbocycles. The Morgan fingerprint density at radius 1 is 1.38 bits per heavy atom. The quantitative estimate of drug-likeness (QED) is 0.746. The smallest absolute Gasteiger partial charge is 0.254 e. The van der Waals surface area contributed by atoms with Gasteiger partial charge in [-0.1, -0.05) is 13.3 Å². The lowest BCUT2D eigenvalue weighted by Crippen LogP contribution is -2.35. The van der Waals surface area contributed by atoms with Gasteiger partial charge in [-0.05, 0) is 12.8 Å². The van der Waals surface area contributed by atoms with Gasteiger partial charge in [-0.25, -0.2) is 18.4 Å². The summed E-state index contributed by atoms with van der Waals surface area (Å²) in [5, 5.41) is 5.77. The van der Waals surface area contributed by atoms with Gasteiger partial charge in [-0.15, -0.1) is 0 Å². The lowest BCUT2D eigenvalue weighted by Gasteiger charge is -2.10. The third-order valence-corrected chi connectivity index (χ3v) is 5.06. The van der Waals surface area contributed by atoms with E-state index in [-0.39, 0.29) is 23.5 Å². The molecule has 0 aromatic carbocycles. The average molecular weight is 312 g/mol. The number of nitrogens with one attached hydrogen (secondary N) is 2. The Bertz CT molecular complexity index is 586. The highest BCUT2D eigenvalue weighted by molar-refractivity contribution is 7.91. The molecule has 1 saturated heterocycles. The summed E-state index contributed by atoms with van der Waals surface area (Å²) in [5.74, 6) is 0.297. The zero-order valence-electron chi connectivity index (χ0n) is 12.0. The lowest BCUT2D eigenvalue weighted by molar-refractivity contribution is 0.0940. The number of hydrogen-bond donors (Lipinski definition) is 2. The summed E-state index contributed by atoms with van der Waals surface area (Å²) < 4.78 is 22.7. The fourth-order valence-corrected chi connectivity index (χ4v) is 3.76. The normalized spacial score (nSPS) is 20.1. The fourth-order valence-electron chi connectivity index (χ4n) is 2.09. The number of unbranched alkanes of at least 4 members (excludes halogenated alkanes) is 1. The van der Waals surface area contributed by atoms with Crippen LogP contribution in [-0.4, -0.2) is 48.4 Å². The highest BCUT2D eigenvalue weighted by Crippen LogP contribution is 2.12. The summed E-state index contributed by atoms with van der Waals surface area (Å²) in [6.45, 7) is 2.89. The van der Waals surface area contributed by atoms with E-state index in [4.69, 9.17) is 0 Å². The van der Waals surface area contributed by atoms with Gasteiger partial charge in [0.05, 0.1) is 17.1 Å². The number of anilines is 1. The van der Waals surface area contributed by atoms with E-state index in [1.54, 1.807) is 0 Å². The summed E-state index contributed by atoms with van der Waals surface area (Å²) in [6, 6.07) is -0.315. The van der Waals surface area contributed by atoms with Gasteiger partial charge < -0.3 is 10.6 Å². The summed E-state index contributed by atoms with van der Waals surface area (Å²) in [7, 11) is -3.00. The first-order chi connectivity index (χ1) is 10.00. The van der Waals surface area contributed by atoms with Crippen molar-refractivity contribution in [2.45, 2.75) is 32.2 Å². The molecule has 1 amide bonds. The van der Waals surface area contributed by atoms with Crippen LogP contribution in [0, 0.1) is 0 Å². The second-order valence-corrected chi connectivity index (χ2v) is 7.38. The van der Waals surface area contributed by atoms with E-state index in [9.17, 15) is 13.2 Å². The third kappa shape index (κ3) is 4.66. The molecule has 116 valence electrons. The van der Waals surface area contributed by atoms with Crippen LogP contribution < -0.4 is 10.6 Å². The van der Waals surface area contributed by atoms with Gasteiger partial charge in [-0.2, -0.15) is 0 Å². The molecular weight excluding hydrogens is 292 g/mol. The average Bonchev–Trinajstić information content (AvgIpc) is 2.79. The van der Waals surface area contributed by atoms with Gasteiger partial charge in [0.1, 0.15) is 0 Å². The molecule has 2 rings (SSSR count). The first-order valence-electron chi connectivity index (χ1n) is 7.07. The summed E-state index contributed by atoms with van der Waals surface area (Å²) in [4.78, 5) is 20.1. The first-order valence-corrected chi connectivity index (χ1v) is 8.89. The van der Waals surface area contributed by atoms with Gasteiger partial charge in [0, 0.05) is 25.0 Å². The summed E-state index contributed by atoms with van der Waals surface area (Å²) >= 11 is 0. The molecule has 1 aliphatic rings. The zero-order chi connectivity index (χ0) is 15.3. The predicted molar refractivity (Wildman–Crippen MR) is 80.0 cm³/mol. The van der Waals surface area contributed by atoms with Gasteiger partial charge in [0.25, 0.3) is 5.91 Å². The highest BCUT2D eigenvalue weighted by Gasteiger charge is 2.29. The molecule has 0 aliphatic carbocycles.